The van der Waals surface area contributed by atoms with Gasteiger partial charge in [0.25, 0.3) is 0 Å². The first-order valence-corrected chi connectivity index (χ1v) is 8.69. The number of ether oxygens (including phenoxy) is 2. The van der Waals surface area contributed by atoms with Crippen LogP contribution in [0.25, 0.3) is 0 Å². The molecular weight excluding hydrogens is 348 g/mol. The van der Waals surface area contributed by atoms with Crippen LogP contribution in [0.5, 0.6) is 5.75 Å². The minimum atomic E-state index is -0.431. The normalized spacial score (nSPS) is 10.7. The van der Waals surface area contributed by atoms with Crippen LogP contribution in [0.15, 0.2) is 34.7 Å². The number of methoxy groups -OCH3 is 2. The Morgan fingerprint density at radius 2 is 1.96 bits per heavy atom. The molecule has 27 heavy (non-hydrogen) atoms. The van der Waals surface area contributed by atoms with Crippen LogP contribution in [0.4, 0.5) is 0 Å². The van der Waals surface area contributed by atoms with Gasteiger partial charge in [-0.2, -0.15) is 0 Å². The molecule has 0 radical (unpaired) electrons. The largest absolute Gasteiger partial charge is 0.496 e. The van der Waals surface area contributed by atoms with Crippen molar-refractivity contribution in [1.82, 2.24) is 10.2 Å². The summed E-state index contributed by atoms with van der Waals surface area (Å²) in [6, 6.07) is 9.39. The van der Waals surface area contributed by atoms with Gasteiger partial charge in [-0.05, 0) is 38.1 Å². The predicted octanol–water partition coefficient (Wildman–Crippen LogP) is 2.17. The molecule has 0 atom stereocenters. The van der Waals surface area contributed by atoms with Crippen molar-refractivity contribution in [3.63, 3.8) is 0 Å². The van der Waals surface area contributed by atoms with E-state index < -0.39 is 5.97 Å². The number of hydrogen-bond donors (Lipinski definition) is 1. The van der Waals surface area contributed by atoms with Gasteiger partial charge in [0.05, 0.1) is 27.3 Å². The maximum atomic E-state index is 12.1. The van der Waals surface area contributed by atoms with Gasteiger partial charge >= 0.3 is 5.97 Å². The third-order valence-electron chi connectivity index (χ3n) is 4.12. The highest BCUT2D eigenvalue weighted by Gasteiger charge is 2.17. The number of amides is 1. The zero-order chi connectivity index (χ0) is 19.8. The number of furan rings is 1. The number of likely N-dealkylation sites (N-methyl/N-ethyl adjacent to an activating group) is 1. The average molecular weight is 374 g/mol. The van der Waals surface area contributed by atoms with E-state index in [4.69, 9.17) is 13.9 Å². The molecule has 146 valence electrons. The van der Waals surface area contributed by atoms with Crippen LogP contribution in [-0.2, 0) is 22.5 Å². The Morgan fingerprint density at radius 3 is 2.67 bits per heavy atom. The molecule has 0 bridgehead atoms. The monoisotopic (exact) mass is 374 g/mol. The Bertz CT molecular complexity index is 784. The first-order valence-electron chi connectivity index (χ1n) is 8.69. The van der Waals surface area contributed by atoms with Crippen LogP contribution >= 0.6 is 0 Å². The zero-order valence-electron chi connectivity index (χ0n) is 16.2. The summed E-state index contributed by atoms with van der Waals surface area (Å²) in [5, 5.41) is 2.90. The standard InChI is InChI=1S/C20H26N2O5/c1-14-17(20(24)26-4)11-16(27-14)12-22(2)13-19(23)21-10-9-15-7-5-6-8-18(15)25-3/h5-8,11H,9-10,12-13H2,1-4H3,(H,21,23). The Labute approximate surface area is 159 Å². The summed E-state index contributed by atoms with van der Waals surface area (Å²) in [7, 11) is 4.78. The van der Waals surface area contributed by atoms with Gasteiger partial charge in [0.1, 0.15) is 22.8 Å². The fourth-order valence-electron chi connectivity index (χ4n) is 2.80. The topological polar surface area (TPSA) is 81.0 Å². The molecule has 0 spiro atoms. The molecule has 0 aliphatic heterocycles. The second-order valence-corrected chi connectivity index (χ2v) is 6.26. The van der Waals surface area contributed by atoms with Gasteiger partial charge in [0, 0.05) is 6.54 Å². The SMILES string of the molecule is COC(=O)c1cc(CN(C)CC(=O)NCCc2ccccc2OC)oc1C. The van der Waals surface area contributed by atoms with E-state index in [0.29, 0.717) is 36.6 Å². The number of para-hydroxylation sites is 1. The van der Waals surface area contributed by atoms with Gasteiger partial charge < -0.3 is 19.2 Å². The van der Waals surface area contributed by atoms with E-state index in [1.807, 2.05) is 36.2 Å². The Morgan fingerprint density at radius 1 is 1.22 bits per heavy atom. The van der Waals surface area contributed by atoms with Crippen molar-refractivity contribution in [2.24, 2.45) is 0 Å². The van der Waals surface area contributed by atoms with Gasteiger partial charge in [-0.25, -0.2) is 4.79 Å². The number of nitrogens with one attached hydrogen (secondary N) is 1. The van der Waals surface area contributed by atoms with Crippen LogP contribution in [-0.4, -0.2) is 51.1 Å². The summed E-state index contributed by atoms with van der Waals surface area (Å²) >= 11 is 0. The van der Waals surface area contributed by atoms with Crippen molar-refractivity contribution in [2.75, 3.05) is 34.4 Å². The zero-order valence-corrected chi connectivity index (χ0v) is 16.2. The lowest BCUT2D eigenvalue weighted by Gasteiger charge is -2.15. The molecule has 0 unspecified atom stereocenters. The molecule has 2 rings (SSSR count). The maximum absolute atomic E-state index is 12.1. The highest BCUT2D eigenvalue weighted by Crippen LogP contribution is 2.18. The Kier molecular flexibility index (Phi) is 7.43. The van der Waals surface area contributed by atoms with E-state index in [-0.39, 0.29) is 12.5 Å². The summed E-state index contributed by atoms with van der Waals surface area (Å²) in [5.41, 5.74) is 1.46. The first-order chi connectivity index (χ1) is 12.9. The quantitative estimate of drug-likeness (QED) is 0.678. The van der Waals surface area contributed by atoms with E-state index in [0.717, 1.165) is 11.3 Å². The minimum absolute atomic E-state index is 0.0798. The Hall–Kier alpha value is -2.80. The van der Waals surface area contributed by atoms with Crippen molar-refractivity contribution in [2.45, 2.75) is 19.9 Å². The summed E-state index contributed by atoms with van der Waals surface area (Å²) in [6.45, 7) is 2.87. The van der Waals surface area contributed by atoms with E-state index in [1.165, 1.54) is 7.11 Å². The number of esters is 1. The number of carbonyl (C=O) groups excluding carboxylic acids is 2. The molecule has 0 saturated carbocycles. The number of aryl methyl sites for hydroxylation is 1. The fourth-order valence-corrected chi connectivity index (χ4v) is 2.80. The van der Waals surface area contributed by atoms with E-state index in [9.17, 15) is 9.59 Å². The molecule has 0 saturated heterocycles. The van der Waals surface area contributed by atoms with Crippen LogP contribution in [0, 0.1) is 6.92 Å². The minimum Gasteiger partial charge on any atom is -0.496 e. The lowest BCUT2D eigenvalue weighted by atomic mass is 10.1. The molecule has 2 aromatic rings. The van der Waals surface area contributed by atoms with Crippen molar-refractivity contribution < 1.29 is 23.5 Å². The second-order valence-electron chi connectivity index (χ2n) is 6.26. The van der Waals surface area contributed by atoms with Crippen molar-refractivity contribution >= 4 is 11.9 Å². The van der Waals surface area contributed by atoms with Gasteiger partial charge in [-0.1, -0.05) is 18.2 Å². The van der Waals surface area contributed by atoms with Crippen LogP contribution in [0.1, 0.15) is 27.4 Å². The molecule has 1 heterocycles. The summed E-state index contributed by atoms with van der Waals surface area (Å²) < 4.78 is 15.6. The number of rotatable bonds is 9. The average Bonchev–Trinajstić information content (AvgIpc) is 3.01. The molecule has 1 amide bonds. The van der Waals surface area contributed by atoms with Crippen LogP contribution in [0.3, 0.4) is 0 Å². The lowest BCUT2D eigenvalue weighted by Crippen LogP contribution is -2.35. The predicted molar refractivity (Wildman–Crippen MR) is 101 cm³/mol. The van der Waals surface area contributed by atoms with Crippen molar-refractivity contribution in [3.8, 4) is 5.75 Å². The molecule has 0 aliphatic rings. The number of carbonyl (C=O) groups is 2. The van der Waals surface area contributed by atoms with Gasteiger partial charge in [-0.3, -0.25) is 9.69 Å². The number of benzene rings is 1. The smallest absolute Gasteiger partial charge is 0.341 e. The molecule has 7 heteroatoms. The molecular formula is C20H26N2O5. The van der Waals surface area contributed by atoms with Crippen LogP contribution < -0.4 is 10.1 Å². The van der Waals surface area contributed by atoms with Crippen molar-refractivity contribution in [3.05, 3.63) is 53.0 Å². The highest BCUT2D eigenvalue weighted by atomic mass is 16.5. The van der Waals surface area contributed by atoms with Gasteiger partial charge in [0.15, 0.2) is 0 Å². The molecule has 7 nitrogen and oxygen atoms in total. The first kappa shape index (κ1) is 20.5. The van der Waals surface area contributed by atoms with Crippen LogP contribution in [0.2, 0.25) is 0 Å². The number of nitrogens with zero attached hydrogens (tertiary/aromatic N) is 1. The fraction of sp³-hybridized carbons (Fsp3) is 0.400. The van der Waals surface area contributed by atoms with Gasteiger partial charge in [0.2, 0.25) is 5.91 Å². The highest BCUT2D eigenvalue weighted by molar-refractivity contribution is 5.90. The molecule has 1 N–H and O–H groups in total. The molecule has 0 aliphatic carbocycles. The van der Waals surface area contributed by atoms with Gasteiger partial charge in [-0.15, -0.1) is 0 Å². The third-order valence-corrected chi connectivity index (χ3v) is 4.12. The maximum Gasteiger partial charge on any atom is 0.341 e. The Balaban J connectivity index is 1.79. The van der Waals surface area contributed by atoms with E-state index in [1.54, 1.807) is 20.1 Å². The van der Waals surface area contributed by atoms with Crippen molar-refractivity contribution in [1.29, 1.82) is 0 Å². The third kappa shape index (κ3) is 5.86. The second kappa shape index (κ2) is 9.78. The summed E-state index contributed by atoms with van der Waals surface area (Å²) in [6.07, 6.45) is 0.694. The molecule has 1 aromatic carbocycles. The molecule has 1 aromatic heterocycles. The lowest BCUT2D eigenvalue weighted by molar-refractivity contribution is -0.122. The van der Waals surface area contributed by atoms with E-state index in [2.05, 4.69) is 5.32 Å². The van der Waals surface area contributed by atoms with E-state index >= 15 is 0 Å². The molecule has 0 fully saturated rings. The number of hydrogen-bond acceptors (Lipinski definition) is 6. The summed E-state index contributed by atoms with van der Waals surface area (Å²) in [4.78, 5) is 25.6. The summed E-state index contributed by atoms with van der Waals surface area (Å²) in [5.74, 6) is 1.42.